The predicted molar refractivity (Wildman–Crippen MR) is 80.8 cm³/mol. The Morgan fingerprint density at radius 3 is 2.90 bits per heavy atom. The normalized spacial score (nSPS) is 10.8. The Labute approximate surface area is 122 Å². The molecule has 0 saturated heterocycles. The van der Waals surface area contributed by atoms with Crippen molar-refractivity contribution in [2.24, 2.45) is 0 Å². The molecule has 0 aromatic carbocycles. The van der Waals surface area contributed by atoms with E-state index in [1.165, 1.54) is 0 Å². The Balaban J connectivity index is 0.00000147. The average Bonchev–Trinajstić information content (AvgIpc) is 2.84. The molecule has 20 heavy (non-hydrogen) atoms. The van der Waals surface area contributed by atoms with Crippen LogP contribution in [0.15, 0.2) is 24.7 Å². The zero-order valence-electron chi connectivity index (χ0n) is 10.9. The van der Waals surface area contributed by atoms with Crippen LogP contribution < -0.4 is 5.73 Å². The summed E-state index contributed by atoms with van der Waals surface area (Å²) in [6.07, 6.45) is 5.14. The molecule has 7 heteroatoms. The zero-order valence-corrected chi connectivity index (χ0v) is 11.7. The summed E-state index contributed by atoms with van der Waals surface area (Å²) in [6.45, 7) is 1.00. The number of aromatic nitrogens is 4. The maximum atomic E-state index is 8.86. The summed E-state index contributed by atoms with van der Waals surface area (Å²) in [5.41, 5.74) is 8.24. The van der Waals surface area contributed by atoms with Gasteiger partial charge in [-0.1, -0.05) is 0 Å². The van der Waals surface area contributed by atoms with Gasteiger partial charge < -0.3 is 15.4 Å². The van der Waals surface area contributed by atoms with Gasteiger partial charge in [0.1, 0.15) is 5.52 Å². The summed E-state index contributed by atoms with van der Waals surface area (Å²) in [5, 5.41) is 9.81. The van der Waals surface area contributed by atoms with Gasteiger partial charge in [-0.25, -0.2) is 15.0 Å². The fraction of sp³-hybridized carbons (Fsp3) is 0.308. The number of hydrogen-bond donors (Lipinski definition) is 2. The number of unbranched alkanes of at least 4 members (excludes halogenated alkanes) is 1. The van der Waals surface area contributed by atoms with Crippen LogP contribution in [-0.4, -0.2) is 31.2 Å². The van der Waals surface area contributed by atoms with Crippen LogP contribution in [0.2, 0.25) is 0 Å². The maximum absolute atomic E-state index is 8.86. The molecule has 3 heterocycles. The van der Waals surface area contributed by atoms with Crippen molar-refractivity contribution in [1.29, 1.82) is 0 Å². The average molecular weight is 294 g/mol. The third-order valence-corrected chi connectivity index (χ3v) is 3.16. The largest absolute Gasteiger partial charge is 0.396 e. The monoisotopic (exact) mass is 293 g/mol. The van der Waals surface area contributed by atoms with Crippen molar-refractivity contribution < 1.29 is 5.11 Å². The first-order chi connectivity index (χ1) is 9.31. The van der Waals surface area contributed by atoms with Crippen LogP contribution in [-0.2, 0) is 6.54 Å². The Bertz CT molecular complexity index is 727. The third-order valence-electron chi connectivity index (χ3n) is 3.16. The quantitative estimate of drug-likeness (QED) is 0.715. The summed E-state index contributed by atoms with van der Waals surface area (Å²) in [4.78, 5) is 12.8. The van der Waals surface area contributed by atoms with E-state index in [1.54, 1.807) is 12.5 Å². The number of nitrogens with zero attached hydrogens (tertiary/aromatic N) is 4. The Hall–Kier alpha value is -1.92. The molecule has 0 aliphatic carbocycles. The van der Waals surface area contributed by atoms with Crippen LogP contribution in [0.3, 0.4) is 0 Å². The summed E-state index contributed by atoms with van der Waals surface area (Å²) < 4.78 is 2.05. The number of nitrogen functional groups attached to an aromatic ring is 1. The van der Waals surface area contributed by atoms with Crippen molar-refractivity contribution in [3.63, 3.8) is 0 Å². The molecule has 0 aliphatic heterocycles. The molecule has 0 fully saturated rings. The number of rotatable bonds is 4. The Kier molecular flexibility index (Phi) is 4.36. The van der Waals surface area contributed by atoms with E-state index in [1.807, 2.05) is 16.7 Å². The van der Waals surface area contributed by atoms with Gasteiger partial charge >= 0.3 is 0 Å². The molecule has 0 amide bonds. The van der Waals surface area contributed by atoms with Crippen molar-refractivity contribution in [2.45, 2.75) is 19.4 Å². The highest BCUT2D eigenvalue weighted by Gasteiger charge is 2.12. The van der Waals surface area contributed by atoms with E-state index < -0.39 is 0 Å². The number of fused-ring (bicyclic) bond motifs is 3. The third kappa shape index (κ3) is 2.39. The standard InChI is InChI=1S/C13H15N5O.ClH/c14-12-10-11(9-4-3-5-15-13(9)17-12)18(8-16-10)6-1-2-7-19;/h3-5,8,19H,1-2,6-7H2,(H2,14,15,17);1H. The molecule has 0 bridgehead atoms. The van der Waals surface area contributed by atoms with Gasteiger partial charge in [-0.3, -0.25) is 0 Å². The minimum Gasteiger partial charge on any atom is -0.396 e. The van der Waals surface area contributed by atoms with Gasteiger partial charge in [0.2, 0.25) is 0 Å². The van der Waals surface area contributed by atoms with Crippen molar-refractivity contribution >= 4 is 40.3 Å². The van der Waals surface area contributed by atoms with Crippen LogP contribution in [0, 0.1) is 0 Å². The predicted octanol–water partition coefficient (Wildman–Crippen LogP) is 1.76. The fourth-order valence-corrected chi connectivity index (χ4v) is 2.25. The highest BCUT2D eigenvalue weighted by Crippen LogP contribution is 2.25. The molecule has 6 nitrogen and oxygen atoms in total. The lowest BCUT2D eigenvalue weighted by atomic mass is 10.2. The molecule has 3 rings (SSSR count). The number of aliphatic hydroxyl groups excluding tert-OH is 1. The minimum atomic E-state index is 0. The van der Waals surface area contributed by atoms with E-state index in [0.29, 0.717) is 17.0 Å². The molecule has 3 N–H and O–H groups in total. The van der Waals surface area contributed by atoms with Crippen molar-refractivity contribution in [3.05, 3.63) is 24.7 Å². The smallest absolute Gasteiger partial charge is 0.163 e. The SMILES string of the molecule is Cl.Nc1nc2ncccc2c2c1ncn2CCCCO. The van der Waals surface area contributed by atoms with Crippen molar-refractivity contribution in [2.75, 3.05) is 12.3 Å². The zero-order chi connectivity index (χ0) is 13.2. The van der Waals surface area contributed by atoms with E-state index in [2.05, 4.69) is 15.0 Å². The fourth-order valence-electron chi connectivity index (χ4n) is 2.25. The van der Waals surface area contributed by atoms with Crippen LogP contribution in [0.4, 0.5) is 5.82 Å². The summed E-state index contributed by atoms with van der Waals surface area (Å²) >= 11 is 0. The van der Waals surface area contributed by atoms with Gasteiger partial charge in [-0.15, -0.1) is 12.4 Å². The van der Waals surface area contributed by atoms with E-state index >= 15 is 0 Å². The van der Waals surface area contributed by atoms with Crippen LogP contribution >= 0.6 is 12.4 Å². The summed E-state index contributed by atoms with van der Waals surface area (Å²) in [7, 11) is 0. The molecule has 0 saturated carbocycles. The number of aliphatic hydroxyl groups is 1. The van der Waals surface area contributed by atoms with Gasteiger partial charge in [0.05, 0.1) is 11.8 Å². The molecule has 3 aromatic heterocycles. The molecule has 0 spiro atoms. The van der Waals surface area contributed by atoms with Gasteiger partial charge in [-0.05, 0) is 25.0 Å². The maximum Gasteiger partial charge on any atom is 0.163 e. The van der Waals surface area contributed by atoms with Crippen LogP contribution in [0.25, 0.3) is 22.1 Å². The number of anilines is 1. The van der Waals surface area contributed by atoms with Gasteiger partial charge in [0.25, 0.3) is 0 Å². The molecule has 106 valence electrons. The van der Waals surface area contributed by atoms with Crippen molar-refractivity contribution in [3.8, 4) is 0 Å². The second kappa shape index (κ2) is 6.02. The second-order valence-electron chi connectivity index (χ2n) is 4.44. The number of hydrogen-bond acceptors (Lipinski definition) is 5. The highest BCUT2D eigenvalue weighted by atomic mass is 35.5. The number of nitrogens with two attached hydrogens (primary N) is 1. The number of aryl methyl sites for hydroxylation is 1. The second-order valence-corrected chi connectivity index (χ2v) is 4.44. The van der Waals surface area contributed by atoms with E-state index in [4.69, 9.17) is 10.8 Å². The first kappa shape index (κ1) is 14.5. The lowest BCUT2D eigenvalue weighted by molar-refractivity contribution is 0.281. The van der Waals surface area contributed by atoms with E-state index in [9.17, 15) is 0 Å². The minimum absolute atomic E-state index is 0. The molecule has 0 radical (unpaired) electrons. The lowest BCUT2D eigenvalue weighted by Crippen LogP contribution is -2.00. The van der Waals surface area contributed by atoms with Crippen LogP contribution in [0.5, 0.6) is 0 Å². The Morgan fingerprint density at radius 2 is 2.10 bits per heavy atom. The molecular weight excluding hydrogens is 278 g/mol. The van der Waals surface area contributed by atoms with E-state index in [0.717, 1.165) is 30.3 Å². The van der Waals surface area contributed by atoms with Gasteiger partial charge in [0.15, 0.2) is 11.5 Å². The summed E-state index contributed by atoms with van der Waals surface area (Å²) in [6, 6.07) is 3.85. The highest BCUT2D eigenvalue weighted by molar-refractivity contribution is 6.04. The number of pyridine rings is 2. The Morgan fingerprint density at radius 1 is 1.25 bits per heavy atom. The molecule has 3 aromatic rings. The number of imidazole rings is 1. The topological polar surface area (TPSA) is 89.9 Å². The molecule has 0 aliphatic rings. The molecule has 0 atom stereocenters. The molecular formula is C13H16ClN5O. The van der Waals surface area contributed by atoms with Crippen LogP contribution in [0.1, 0.15) is 12.8 Å². The van der Waals surface area contributed by atoms with Gasteiger partial charge in [-0.2, -0.15) is 0 Å². The van der Waals surface area contributed by atoms with E-state index in [-0.39, 0.29) is 19.0 Å². The van der Waals surface area contributed by atoms with Crippen molar-refractivity contribution in [1.82, 2.24) is 19.5 Å². The summed E-state index contributed by atoms with van der Waals surface area (Å²) in [5.74, 6) is 0.405. The number of halogens is 1. The molecule has 0 unspecified atom stereocenters. The first-order valence-corrected chi connectivity index (χ1v) is 6.27. The lowest BCUT2D eigenvalue weighted by Gasteiger charge is -2.06. The first-order valence-electron chi connectivity index (χ1n) is 6.27. The van der Waals surface area contributed by atoms with Gasteiger partial charge in [0, 0.05) is 24.7 Å².